The Morgan fingerprint density at radius 2 is 1.65 bits per heavy atom. The van der Waals surface area contributed by atoms with Crippen molar-refractivity contribution in [1.29, 1.82) is 0 Å². The van der Waals surface area contributed by atoms with Crippen molar-refractivity contribution in [3.63, 3.8) is 0 Å². The summed E-state index contributed by atoms with van der Waals surface area (Å²) in [6.07, 6.45) is 5.75. The van der Waals surface area contributed by atoms with Crippen molar-refractivity contribution in [3.05, 3.63) is 107 Å². The first-order valence-electron chi connectivity index (χ1n) is 13.5. The third-order valence-electron chi connectivity index (χ3n) is 7.61. The molecule has 5 aromatic rings. The quantitative estimate of drug-likeness (QED) is 0.218. The highest BCUT2D eigenvalue weighted by Gasteiger charge is 2.23. The molecule has 5 nitrogen and oxygen atoms in total. The molecule has 0 aliphatic heterocycles. The van der Waals surface area contributed by atoms with Crippen molar-refractivity contribution >= 4 is 28.6 Å². The van der Waals surface area contributed by atoms with Crippen LogP contribution in [-0.4, -0.2) is 20.6 Å². The van der Waals surface area contributed by atoms with Gasteiger partial charge < -0.3 is 14.4 Å². The van der Waals surface area contributed by atoms with Crippen molar-refractivity contribution in [1.82, 2.24) is 9.55 Å². The molecule has 1 aromatic heterocycles. The fourth-order valence-electron chi connectivity index (χ4n) is 5.60. The van der Waals surface area contributed by atoms with Crippen LogP contribution in [0, 0.1) is 5.82 Å². The molecule has 0 saturated heterocycles. The number of carbonyl (C=O) groups is 1. The zero-order valence-electron chi connectivity index (χ0n) is 21.8. The van der Waals surface area contributed by atoms with Crippen molar-refractivity contribution in [2.24, 2.45) is 0 Å². The molecular formula is C33H28ClFN2O3. The molecule has 1 fully saturated rings. The van der Waals surface area contributed by atoms with Crippen LogP contribution in [0.4, 0.5) is 4.39 Å². The van der Waals surface area contributed by atoms with Crippen molar-refractivity contribution in [3.8, 4) is 28.3 Å². The maximum absolute atomic E-state index is 13.5. The number of rotatable bonds is 7. The van der Waals surface area contributed by atoms with Gasteiger partial charge in [-0.05, 0) is 96.3 Å². The maximum Gasteiger partial charge on any atom is 0.335 e. The van der Waals surface area contributed by atoms with Crippen LogP contribution in [-0.2, 0) is 6.61 Å². The van der Waals surface area contributed by atoms with E-state index in [1.54, 1.807) is 24.3 Å². The van der Waals surface area contributed by atoms with Crippen LogP contribution in [0.25, 0.3) is 33.5 Å². The highest BCUT2D eigenvalue weighted by molar-refractivity contribution is 6.30. The standard InChI is InChI=1S/C33H28ClFN2O3/c34-25-11-16-29(21-6-12-26(35)13-7-21)24(18-25)20-40-28-14-8-22(9-15-28)32-36-30-19-23(33(38)39)10-17-31(30)37(32)27-4-2-1-3-5-27/h6-19,27H,1-5,20H2,(H,38,39). The Hall–Kier alpha value is -4.16. The normalized spacial score (nSPS) is 13.9. The fraction of sp³-hybridized carbons (Fsp3) is 0.212. The Morgan fingerprint density at radius 3 is 2.38 bits per heavy atom. The Kier molecular flexibility index (Phi) is 7.27. The van der Waals surface area contributed by atoms with Gasteiger partial charge in [0, 0.05) is 16.6 Å². The minimum absolute atomic E-state index is 0.233. The topological polar surface area (TPSA) is 64.3 Å². The van der Waals surface area contributed by atoms with Gasteiger partial charge in [-0.3, -0.25) is 0 Å². The van der Waals surface area contributed by atoms with E-state index in [4.69, 9.17) is 21.3 Å². The number of halogens is 2. The Labute approximate surface area is 236 Å². The van der Waals surface area contributed by atoms with Crippen molar-refractivity contribution < 1.29 is 19.0 Å². The number of aromatic carboxylic acids is 1. The molecule has 1 aliphatic carbocycles. The summed E-state index contributed by atoms with van der Waals surface area (Å²) in [7, 11) is 0. The summed E-state index contributed by atoms with van der Waals surface area (Å²) in [4.78, 5) is 16.5. The Balaban J connectivity index is 1.28. The molecule has 1 heterocycles. The predicted molar refractivity (Wildman–Crippen MR) is 155 cm³/mol. The second-order valence-electron chi connectivity index (χ2n) is 10.2. The summed E-state index contributed by atoms with van der Waals surface area (Å²) in [5, 5.41) is 10.1. The molecule has 1 aliphatic rings. The van der Waals surface area contributed by atoms with Gasteiger partial charge in [-0.1, -0.05) is 49.1 Å². The maximum atomic E-state index is 13.5. The largest absolute Gasteiger partial charge is 0.489 e. The first kappa shape index (κ1) is 26.1. The molecule has 0 unspecified atom stereocenters. The van der Waals surface area contributed by atoms with Gasteiger partial charge >= 0.3 is 5.97 Å². The van der Waals surface area contributed by atoms with Crippen molar-refractivity contribution in [2.45, 2.75) is 44.8 Å². The fourth-order valence-corrected chi connectivity index (χ4v) is 5.79. The summed E-state index contributed by atoms with van der Waals surface area (Å²) in [5.41, 5.74) is 5.55. The zero-order chi connectivity index (χ0) is 27.6. The van der Waals surface area contributed by atoms with E-state index in [0.29, 0.717) is 28.9 Å². The molecule has 0 bridgehead atoms. The van der Waals surface area contributed by atoms with Crippen LogP contribution in [0.2, 0.25) is 5.02 Å². The number of hydrogen-bond donors (Lipinski definition) is 1. The lowest BCUT2D eigenvalue weighted by Crippen LogP contribution is -2.14. The van der Waals surface area contributed by atoms with Gasteiger partial charge in [-0.2, -0.15) is 0 Å². The molecule has 202 valence electrons. The summed E-state index contributed by atoms with van der Waals surface area (Å²) >= 11 is 6.28. The molecule has 0 atom stereocenters. The van der Waals surface area contributed by atoms with Crippen LogP contribution in [0.5, 0.6) is 5.75 Å². The van der Waals surface area contributed by atoms with Crippen molar-refractivity contribution in [2.75, 3.05) is 0 Å². The average Bonchev–Trinajstić information content (AvgIpc) is 3.36. The third kappa shape index (κ3) is 5.32. The van der Waals surface area contributed by atoms with Crippen LogP contribution in [0.15, 0.2) is 84.9 Å². The molecular weight excluding hydrogens is 527 g/mol. The number of nitrogens with zero attached hydrogens (tertiary/aromatic N) is 2. The number of ether oxygens (including phenoxy) is 1. The monoisotopic (exact) mass is 554 g/mol. The highest BCUT2D eigenvalue weighted by atomic mass is 35.5. The minimum atomic E-state index is -0.959. The number of fused-ring (bicyclic) bond motifs is 1. The zero-order valence-corrected chi connectivity index (χ0v) is 22.6. The lowest BCUT2D eigenvalue weighted by atomic mass is 9.95. The van der Waals surface area contributed by atoms with Gasteiger partial charge in [0.2, 0.25) is 0 Å². The van der Waals surface area contributed by atoms with E-state index in [9.17, 15) is 14.3 Å². The second-order valence-corrected chi connectivity index (χ2v) is 10.7. The molecule has 7 heteroatoms. The average molecular weight is 555 g/mol. The smallest absolute Gasteiger partial charge is 0.335 e. The lowest BCUT2D eigenvalue weighted by molar-refractivity contribution is 0.0697. The van der Waals surface area contributed by atoms with Gasteiger partial charge in [-0.25, -0.2) is 14.2 Å². The summed E-state index contributed by atoms with van der Waals surface area (Å²) < 4.78 is 21.9. The van der Waals surface area contributed by atoms with Gasteiger partial charge in [0.05, 0.1) is 16.6 Å². The van der Waals surface area contributed by atoms with Crippen LogP contribution in [0.3, 0.4) is 0 Å². The third-order valence-corrected chi connectivity index (χ3v) is 7.84. The molecule has 0 amide bonds. The van der Waals surface area contributed by atoms with Gasteiger partial charge in [0.25, 0.3) is 0 Å². The second kappa shape index (κ2) is 11.1. The summed E-state index contributed by atoms with van der Waals surface area (Å²) in [5.74, 6) is 0.293. The first-order chi connectivity index (χ1) is 19.5. The van der Waals surface area contributed by atoms with Gasteiger partial charge in [-0.15, -0.1) is 0 Å². The molecule has 1 N–H and O–H groups in total. The number of carboxylic acid groups (broad SMARTS) is 1. The van der Waals surface area contributed by atoms with Crippen LogP contribution in [0.1, 0.15) is 54.1 Å². The summed E-state index contributed by atoms with van der Waals surface area (Å²) in [6.45, 7) is 0.297. The number of benzene rings is 4. The Bertz CT molecular complexity index is 1670. The molecule has 40 heavy (non-hydrogen) atoms. The van der Waals surface area contributed by atoms with Crippen LogP contribution < -0.4 is 4.74 Å². The molecule has 0 spiro atoms. The van der Waals surface area contributed by atoms with Crippen LogP contribution >= 0.6 is 11.6 Å². The number of hydrogen-bond acceptors (Lipinski definition) is 3. The summed E-state index contributed by atoms with van der Waals surface area (Å²) in [6, 6.07) is 25.3. The van der Waals surface area contributed by atoms with E-state index < -0.39 is 5.97 Å². The number of aromatic nitrogens is 2. The minimum Gasteiger partial charge on any atom is -0.489 e. The molecule has 0 radical (unpaired) electrons. The van der Waals surface area contributed by atoms with E-state index in [1.807, 2.05) is 48.5 Å². The molecule has 1 saturated carbocycles. The predicted octanol–water partition coefficient (Wildman–Crippen LogP) is 8.95. The SMILES string of the molecule is O=C(O)c1ccc2c(c1)nc(-c1ccc(OCc3cc(Cl)ccc3-c3ccc(F)cc3)cc1)n2C1CCCCC1. The van der Waals surface area contributed by atoms with E-state index in [0.717, 1.165) is 46.4 Å². The van der Waals surface area contributed by atoms with E-state index in [1.165, 1.54) is 31.4 Å². The Morgan fingerprint density at radius 1 is 0.925 bits per heavy atom. The number of carboxylic acids is 1. The molecule has 4 aromatic carbocycles. The molecule has 6 rings (SSSR count). The highest BCUT2D eigenvalue weighted by Crippen LogP contribution is 2.37. The first-order valence-corrected chi connectivity index (χ1v) is 13.9. The van der Waals surface area contributed by atoms with E-state index in [2.05, 4.69) is 4.57 Å². The lowest BCUT2D eigenvalue weighted by Gasteiger charge is -2.25. The van der Waals surface area contributed by atoms with Gasteiger partial charge in [0.1, 0.15) is 24.0 Å². The van der Waals surface area contributed by atoms with E-state index >= 15 is 0 Å². The van der Waals surface area contributed by atoms with E-state index in [-0.39, 0.29) is 11.4 Å². The van der Waals surface area contributed by atoms with Gasteiger partial charge in [0.15, 0.2) is 0 Å². The number of imidazole rings is 1.